The highest BCUT2D eigenvalue weighted by molar-refractivity contribution is 5.78. The second-order valence-corrected chi connectivity index (χ2v) is 5.49. The minimum absolute atomic E-state index is 0.0981. The van der Waals surface area contributed by atoms with Crippen molar-refractivity contribution in [3.05, 3.63) is 11.8 Å². The van der Waals surface area contributed by atoms with Crippen LogP contribution in [0.4, 0.5) is 0 Å². The summed E-state index contributed by atoms with van der Waals surface area (Å²) in [6.45, 7) is 10.5. The van der Waals surface area contributed by atoms with Crippen molar-refractivity contribution in [1.29, 1.82) is 0 Å². The standard InChI is InChI=1S/C13H23N5O2/c1-10(2)14-12(19)8-17-4-6-18(7-5-17)9-13-16-15-11(3)20-13/h10H,4-9H2,1-3H3,(H,14,19). The lowest BCUT2D eigenvalue weighted by molar-refractivity contribution is -0.123. The lowest BCUT2D eigenvalue weighted by Gasteiger charge is -2.33. The molecular formula is C13H23N5O2. The highest BCUT2D eigenvalue weighted by Gasteiger charge is 2.20. The Bertz CT molecular complexity index is 438. The molecule has 7 heteroatoms. The molecule has 0 bridgehead atoms. The Morgan fingerprint density at radius 1 is 1.25 bits per heavy atom. The van der Waals surface area contributed by atoms with Gasteiger partial charge in [0.1, 0.15) is 0 Å². The Hall–Kier alpha value is -1.47. The molecule has 1 N–H and O–H groups in total. The van der Waals surface area contributed by atoms with E-state index in [0.29, 0.717) is 24.9 Å². The zero-order valence-electron chi connectivity index (χ0n) is 12.4. The van der Waals surface area contributed by atoms with Crippen molar-refractivity contribution in [1.82, 2.24) is 25.3 Å². The minimum atomic E-state index is 0.0981. The summed E-state index contributed by atoms with van der Waals surface area (Å²) in [4.78, 5) is 16.1. The summed E-state index contributed by atoms with van der Waals surface area (Å²) in [6, 6.07) is 0.199. The highest BCUT2D eigenvalue weighted by atomic mass is 16.4. The van der Waals surface area contributed by atoms with Gasteiger partial charge in [-0.05, 0) is 13.8 Å². The first-order valence-corrected chi connectivity index (χ1v) is 7.06. The maximum atomic E-state index is 11.7. The van der Waals surface area contributed by atoms with E-state index in [2.05, 4.69) is 25.3 Å². The average molecular weight is 281 g/mol. The van der Waals surface area contributed by atoms with Gasteiger partial charge in [-0.1, -0.05) is 0 Å². The first-order chi connectivity index (χ1) is 9.52. The van der Waals surface area contributed by atoms with Crippen molar-refractivity contribution >= 4 is 5.91 Å². The number of piperazine rings is 1. The Morgan fingerprint density at radius 3 is 2.45 bits per heavy atom. The zero-order chi connectivity index (χ0) is 14.5. The lowest BCUT2D eigenvalue weighted by Crippen LogP contribution is -2.49. The van der Waals surface area contributed by atoms with Crippen LogP contribution in [0.25, 0.3) is 0 Å². The van der Waals surface area contributed by atoms with Crippen LogP contribution >= 0.6 is 0 Å². The molecule has 0 saturated carbocycles. The maximum absolute atomic E-state index is 11.7. The molecule has 0 unspecified atom stereocenters. The van der Waals surface area contributed by atoms with Gasteiger partial charge in [-0.15, -0.1) is 10.2 Å². The number of hydrogen-bond donors (Lipinski definition) is 1. The smallest absolute Gasteiger partial charge is 0.234 e. The van der Waals surface area contributed by atoms with Crippen molar-refractivity contribution in [2.24, 2.45) is 0 Å². The number of amides is 1. The Balaban J connectivity index is 1.71. The van der Waals surface area contributed by atoms with Crippen LogP contribution in [0.2, 0.25) is 0 Å². The van der Waals surface area contributed by atoms with E-state index >= 15 is 0 Å². The maximum Gasteiger partial charge on any atom is 0.234 e. The molecule has 2 rings (SSSR count). The molecule has 1 aromatic heterocycles. The first kappa shape index (κ1) is 14.9. The fourth-order valence-electron chi connectivity index (χ4n) is 2.27. The molecule has 0 spiro atoms. The number of nitrogens with zero attached hydrogens (tertiary/aromatic N) is 4. The molecule has 1 aliphatic rings. The van der Waals surface area contributed by atoms with Crippen LogP contribution < -0.4 is 5.32 Å². The van der Waals surface area contributed by atoms with Crippen molar-refractivity contribution in [3.63, 3.8) is 0 Å². The predicted octanol–water partition coefficient (Wildman–Crippen LogP) is 0.0202. The molecule has 1 amide bonds. The van der Waals surface area contributed by atoms with Gasteiger partial charge in [-0.25, -0.2) is 0 Å². The average Bonchev–Trinajstić information content (AvgIpc) is 2.76. The van der Waals surface area contributed by atoms with Gasteiger partial charge < -0.3 is 9.73 Å². The highest BCUT2D eigenvalue weighted by Crippen LogP contribution is 2.07. The van der Waals surface area contributed by atoms with Gasteiger partial charge in [0.15, 0.2) is 0 Å². The molecule has 112 valence electrons. The number of rotatable bonds is 5. The Labute approximate surface area is 119 Å². The molecular weight excluding hydrogens is 258 g/mol. The van der Waals surface area contributed by atoms with Crippen LogP contribution in [-0.2, 0) is 11.3 Å². The molecule has 0 aromatic carbocycles. The normalized spacial score (nSPS) is 17.6. The third kappa shape index (κ3) is 4.57. The van der Waals surface area contributed by atoms with E-state index in [1.165, 1.54) is 0 Å². The molecule has 7 nitrogen and oxygen atoms in total. The van der Waals surface area contributed by atoms with Crippen LogP contribution in [0.1, 0.15) is 25.6 Å². The molecule has 0 aliphatic carbocycles. The van der Waals surface area contributed by atoms with E-state index in [1.807, 2.05) is 13.8 Å². The van der Waals surface area contributed by atoms with E-state index in [4.69, 9.17) is 4.42 Å². The van der Waals surface area contributed by atoms with Gasteiger partial charge in [0.2, 0.25) is 17.7 Å². The summed E-state index contributed by atoms with van der Waals surface area (Å²) < 4.78 is 5.38. The van der Waals surface area contributed by atoms with Crippen LogP contribution in [0.15, 0.2) is 4.42 Å². The van der Waals surface area contributed by atoms with E-state index in [1.54, 1.807) is 6.92 Å². The van der Waals surface area contributed by atoms with Gasteiger partial charge in [-0.3, -0.25) is 14.6 Å². The number of carbonyl (C=O) groups excluding carboxylic acids is 1. The van der Waals surface area contributed by atoms with Crippen molar-refractivity contribution in [2.75, 3.05) is 32.7 Å². The molecule has 1 fully saturated rings. The van der Waals surface area contributed by atoms with Gasteiger partial charge in [0.05, 0.1) is 13.1 Å². The number of aryl methyl sites for hydroxylation is 1. The first-order valence-electron chi connectivity index (χ1n) is 7.06. The summed E-state index contributed by atoms with van der Waals surface area (Å²) in [7, 11) is 0. The van der Waals surface area contributed by atoms with E-state index in [0.717, 1.165) is 26.2 Å². The SMILES string of the molecule is Cc1nnc(CN2CCN(CC(=O)NC(C)C)CC2)o1. The summed E-state index contributed by atoms with van der Waals surface area (Å²) in [5, 5.41) is 10.7. The van der Waals surface area contributed by atoms with Gasteiger partial charge in [-0.2, -0.15) is 0 Å². The van der Waals surface area contributed by atoms with E-state index in [-0.39, 0.29) is 11.9 Å². The molecule has 1 saturated heterocycles. The quantitative estimate of drug-likeness (QED) is 0.820. The molecule has 0 atom stereocenters. The number of hydrogen-bond acceptors (Lipinski definition) is 6. The van der Waals surface area contributed by atoms with Crippen LogP contribution in [0.5, 0.6) is 0 Å². The van der Waals surface area contributed by atoms with Crippen molar-refractivity contribution < 1.29 is 9.21 Å². The monoisotopic (exact) mass is 281 g/mol. The molecule has 2 heterocycles. The molecule has 20 heavy (non-hydrogen) atoms. The second kappa shape index (κ2) is 6.81. The zero-order valence-corrected chi connectivity index (χ0v) is 12.4. The largest absolute Gasteiger partial charge is 0.424 e. The summed E-state index contributed by atoms with van der Waals surface area (Å²) in [5.74, 6) is 1.36. The summed E-state index contributed by atoms with van der Waals surface area (Å²) in [5.41, 5.74) is 0. The van der Waals surface area contributed by atoms with Crippen LogP contribution in [0.3, 0.4) is 0 Å². The topological polar surface area (TPSA) is 74.5 Å². The van der Waals surface area contributed by atoms with Gasteiger partial charge in [0, 0.05) is 39.1 Å². The fraction of sp³-hybridized carbons (Fsp3) is 0.769. The molecule has 1 aliphatic heterocycles. The number of nitrogens with one attached hydrogen (secondary N) is 1. The van der Waals surface area contributed by atoms with Crippen LogP contribution in [0, 0.1) is 6.92 Å². The van der Waals surface area contributed by atoms with E-state index in [9.17, 15) is 4.79 Å². The third-order valence-corrected chi connectivity index (χ3v) is 3.21. The second-order valence-electron chi connectivity index (χ2n) is 5.49. The summed E-state index contributed by atoms with van der Waals surface area (Å²) in [6.07, 6.45) is 0. The van der Waals surface area contributed by atoms with Crippen LogP contribution in [-0.4, -0.2) is 64.7 Å². The summed E-state index contributed by atoms with van der Waals surface area (Å²) >= 11 is 0. The Kier molecular flexibility index (Phi) is 5.08. The third-order valence-electron chi connectivity index (χ3n) is 3.21. The number of aromatic nitrogens is 2. The van der Waals surface area contributed by atoms with E-state index < -0.39 is 0 Å². The fourth-order valence-corrected chi connectivity index (χ4v) is 2.27. The van der Waals surface area contributed by atoms with Gasteiger partial charge >= 0.3 is 0 Å². The van der Waals surface area contributed by atoms with Crippen molar-refractivity contribution in [3.8, 4) is 0 Å². The lowest BCUT2D eigenvalue weighted by atomic mass is 10.3. The van der Waals surface area contributed by atoms with Gasteiger partial charge in [0.25, 0.3) is 0 Å². The Morgan fingerprint density at radius 2 is 1.90 bits per heavy atom. The molecule has 1 aromatic rings. The van der Waals surface area contributed by atoms with Crippen molar-refractivity contribution in [2.45, 2.75) is 33.4 Å². The predicted molar refractivity (Wildman–Crippen MR) is 74.0 cm³/mol. The number of carbonyl (C=O) groups is 1. The minimum Gasteiger partial charge on any atom is -0.424 e. The molecule has 0 radical (unpaired) electrons.